The smallest absolute Gasteiger partial charge is 0.200 e. The summed E-state index contributed by atoms with van der Waals surface area (Å²) in [6, 6.07) is 7.73. The Morgan fingerprint density at radius 2 is 1.79 bits per heavy atom. The molecule has 1 aromatic rings. The maximum atomic E-state index is 11.7. The van der Waals surface area contributed by atoms with Crippen LogP contribution < -0.4 is 5.32 Å². The van der Waals surface area contributed by atoms with Crippen molar-refractivity contribution in [1.29, 1.82) is 0 Å². The lowest BCUT2D eigenvalue weighted by Crippen LogP contribution is -2.13. The largest absolute Gasteiger partial charge is 0.388 e. The maximum absolute atomic E-state index is 11.7. The zero-order valence-corrected chi connectivity index (χ0v) is 11.9. The summed E-state index contributed by atoms with van der Waals surface area (Å²) in [6.07, 6.45) is 1.77. The molecular formula is C15H15ClN2O. The Labute approximate surface area is 117 Å². The molecule has 0 saturated carbocycles. The van der Waals surface area contributed by atoms with E-state index in [1.807, 2.05) is 38.2 Å². The quantitative estimate of drug-likeness (QED) is 0.833. The molecule has 3 nitrogen and oxygen atoms in total. The van der Waals surface area contributed by atoms with Crippen molar-refractivity contribution in [2.24, 2.45) is 4.99 Å². The molecule has 0 amide bonds. The van der Waals surface area contributed by atoms with E-state index in [4.69, 9.17) is 11.6 Å². The van der Waals surface area contributed by atoms with Gasteiger partial charge in [-0.15, -0.1) is 0 Å². The number of Topliss-reactive ketones (excluding diaryl/α,β-unsaturated/α-hetero) is 1. The molecule has 19 heavy (non-hydrogen) atoms. The highest BCUT2D eigenvalue weighted by Gasteiger charge is 2.20. The Kier molecular flexibility index (Phi) is 3.86. The number of benzene rings is 1. The monoisotopic (exact) mass is 274 g/mol. The minimum Gasteiger partial charge on any atom is -0.388 e. The van der Waals surface area contributed by atoms with E-state index in [0.717, 1.165) is 22.7 Å². The standard InChI is InChI=1S/C15H15ClN2O/c1-9-8-13(10(2)14(16)15(9)19)18-12-6-4-11(17-3)5-7-12/h4-8,17H,1-3H3. The van der Waals surface area contributed by atoms with Crippen LogP contribution in [0.5, 0.6) is 0 Å². The molecule has 1 aromatic carbocycles. The van der Waals surface area contributed by atoms with E-state index in [-0.39, 0.29) is 10.8 Å². The molecular weight excluding hydrogens is 260 g/mol. The van der Waals surface area contributed by atoms with E-state index < -0.39 is 0 Å². The van der Waals surface area contributed by atoms with Crippen LogP contribution in [0.25, 0.3) is 0 Å². The summed E-state index contributed by atoms with van der Waals surface area (Å²) in [5, 5.41) is 3.31. The van der Waals surface area contributed by atoms with E-state index >= 15 is 0 Å². The van der Waals surface area contributed by atoms with Crippen molar-refractivity contribution in [1.82, 2.24) is 0 Å². The molecule has 2 rings (SSSR count). The number of nitrogens with one attached hydrogen (secondary N) is 1. The third-order valence-corrected chi connectivity index (χ3v) is 3.48. The molecule has 1 aliphatic carbocycles. The minimum absolute atomic E-state index is 0.122. The van der Waals surface area contributed by atoms with Gasteiger partial charge in [0.2, 0.25) is 0 Å². The van der Waals surface area contributed by atoms with Gasteiger partial charge in [-0.2, -0.15) is 0 Å². The lowest BCUT2D eigenvalue weighted by molar-refractivity contribution is -0.111. The number of ketones is 1. The molecule has 0 aliphatic heterocycles. The molecule has 0 fully saturated rings. The van der Waals surface area contributed by atoms with Crippen LogP contribution in [0.15, 0.2) is 51.5 Å². The molecule has 1 N–H and O–H groups in total. The van der Waals surface area contributed by atoms with Crippen molar-refractivity contribution in [2.45, 2.75) is 13.8 Å². The topological polar surface area (TPSA) is 41.5 Å². The molecule has 98 valence electrons. The first-order valence-corrected chi connectivity index (χ1v) is 6.37. The highest BCUT2D eigenvalue weighted by atomic mass is 35.5. The van der Waals surface area contributed by atoms with Crippen LogP contribution in [-0.2, 0) is 4.79 Å². The Bertz CT molecular complexity index is 610. The second-order valence-electron chi connectivity index (χ2n) is 4.39. The van der Waals surface area contributed by atoms with Crippen LogP contribution in [0.3, 0.4) is 0 Å². The predicted molar refractivity (Wildman–Crippen MR) is 80.4 cm³/mol. The molecule has 0 radical (unpaired) electrons. The summed E-state index contributed by atoms with van der Waals surface area (Å²) in [6.45, 7) is 3.56. The van der Waals surface area contributed by atoms with Crippen LogP contribution in [-0.4, -0.2) is 18.5 Å². The Morgan fingerprint density at radius 1 is 1.16 bits per heavy atom. The summed E-state index contributed by atoms with van der Waals surface area (Å²) in [5.41, 5.74) is 3.92. The zero-order valence-electron chi connectivity index (χ0n) is 11.1. The van der Waals surface area contributed by atoms with E-state index in [1.54, 1.807) is 13.0 Å². The fourth-order valence-corrected chi connectivity index (χ4v) is 2.04. The van der Waals surface area contributed by atoms with Gasteiger partial charge in [-0.05, 0) is 49.8 Å². The zero-order chi connectivity index (χ0) is 14.0. The van der Waals surface area contributed by atoms with Crippen LogP contribution >= 0.6 is 11.6 Å². The van der Waals surface area contributed by atoms with Gasteiger partial charge >= 0.3 is 0 Å². The number of anilines is 1. The maximum Gasteiger partial charge on any atom is 0.200 e. The molecule has 0 aromatic heterocycles. The van der Waals surface area contributed by atoms with Gasteiger partial charge in [-0.1, -0.05) is 11.6 Å². The third kappa shape index (κ3) is 2.76. The van der Waals surface area contributed by atoms with E-state index in [9.17, 15) is 4.79 Å². The van der Waals surface area contributed by atoms with Crippen LogP contribution in [0.1, 0.15) is 13.8 Å². The van der Waals surface area contributed by atoms with Crippen molar-refractivity contribution >= 4 is 34.5 Å². The lowest BCUT2D eigenvalue weighted by atomic mass is 9.98. The molecule has 0 heterocycles. The van der Waals surface area contributed by atoms with Crippen molar-refractivity contribution in [3.05, 3.63) is 46.5 Å². The summed E-state index contributed by atoms with van der Waals surface area (Å²) in [4.78, 5) is 16.2. The average molecular weight is 275 g/mol. The third-order valence-electron chi connectivity index (χ3n) is 3.03. The second kappa shape index (κ2) is 5.41. The molecule has 4 heteroatoms. The number of aliphatic imine (C=N–C) groups is 1. The molecule has 0 atom stereocenters. The van der Waals surface area contributed by atoms with Crippen molar-refractivity contribution in [3.63, 3.8) is 0 Å². The number of nitrogens with zero attached hydrogens (tertiary/aromatic N) is 1. The fraction of sp³-hybridized carbons (Fsp3) is 0.200. The first-order chi connectivity index (χ1) is 9.02. The number of carbonyl (C=O) groups is 1. The molecule has 0 saturated heterocycles. The van der Waals surface area contributed by atoms with Gasteiger partial charge in [0.05, 0.1) is 16.4 Å². The highest BCUT2D eigenvalue weighted by Crippen LogP contribution is 2.25. The number of carbonyl (C=O) groups excluding carboxylic acids is 1. The summed E-state index contributed by atoms with van der Waals surface area (Å²) in [7, 11) is 1.87. The van der Waals surface area contributed by atoms with Crippen molar-refractivity contribution < 1.29 is 4.79 Å². The van der Waals surface area contributed by atoms with E-state index in [0.29, 0.717) is 5.57 Å². The Balaban J connectivity index is 2.39. The van der Waals surface area contributed by atoms with Gasteiger partial charge in [-0.25, -0.2) is 4.99 Å². The van der Waals surface area contributed by atoms with Crippen molar-refractivity contribution in [3.8, 4) is 0 Å². The Morgan fingerprint density at radius 3 is 2.37 bits per heavy atom. The normalized spacial score (nSPS) is 17.8. The summed E-state index contributed by atoms with van der Waals surface area (Å²) >= 11 is 6.02. The van der Waals surface area contributed by atoms with Gasteiger partial charge in [0.1, 0.15) is 0 Å². The fourth-order valence-electron chi connectivity index (χ4n) is 1.79. The average Bonchev–Trinajstić information content (AvgIpc) is 2.43. The predicted octanol–water partition coefficient (Wildman–Crippen LogP) is 3.84. The van der Waals surface area contributed by atoms with Crippen LogP contribution in [0, 0.1) is 0 Å². The summed E-state index contributed by atoms with van der Waals surface area (Å²) in [5.74, 6) is -0.122. The lowest BCUT2D eigenvalue weighted by Gasteiger charge is -2.13. The summed E-state index contributed by atoms with van der Waals surface area (Å²) < 4.78 is 0. The highest BCUT2D eigenvalue weighted by molar-refractivity contribution is 6.49. The molecule has 0 spiro atoms. The second-order valence-corrected chi connectivity index (χ2v) is 4.77. The number of hydrogen-bond acceptors (Lipinski definition) is 3. The minimum atomic E-state index is -0.122. The molecule has 0 unspecified atom stereocenters. The number of halogens is 1. The number of rotatable bonds is 2. The number of allylic oxidation sites excluding steroid dienone is 4. The number of hydrogen-bond donors (Lipinski definition) is 1. The SMILES string of the molecule is CNc1ccc(N=C2C=C(C)C(=O)C(Cl)=C2C)cc1. The van der Waals surface area contributed by atoms with Crippen molar-refractivity contribution in [2.75, 3.05) is 12.4 Å². The Hall–Kier alpha value is -1.87. The van der Waals surface area contributed by atoms with Gasteiger partial charge in [0, 0.05) is 18.3 Å². The van der Waals surface area contributed by atoms with E-state index in [2.05, 4.69) is 10.3 Å². The molecule has 0 bridgehead atoms. The van der Waals surface area contributed by atoms with Gasteiger partial charge < -0.3 is 5.32 Å². The van der Waals surface area contributed by atoms with Gasteiger partial charge in [-0.3, -0.25) is 4.79 Å². The van der Waals surface area contributed by atoms with Gasteiger partial charge in [0.25, 0.3) is 0 Å². The first-order valence-electron chi connectivity index (χ1n) is 5.99. The van der Waals surface area contributed by atoms with Crippen LogP contribution in [0.2, 0.25) is 0 Å². The van der Waals surface area contributed by atoms with Gasteiger partial charge in [0.15, 0.2) is 5.78 Å². The molecule has 1 aliphatic rings. The first kappa shape index (κ1) is 13.6. The van der Waals surface area contributed by atoms with Crippen LogP contribution in [0.4, 0.5) is 11.4 Å². The van der Waals surface area contributed by atoms with E-state index in [1.165, 1.54) is 0 Å².